The second kappa shape index (κ2) is 6.52. The first-order valence-corrected chi connectivity index (χ1v) is 8.38. The molecule has 1 unspecified atom stereocenters. The van der Waals surface area contributed by atoms with E-state index < -0.39 is 5.60 Å². The molecule has 2 aromatic rings. The lowest BCUT2D eigenvalue weighted by atomic mass is 9.96. The molecule has 0 radical (unpaired) electrons. The molecule has 1 aromatic heterocycles. The van der Waals surface area contributed by atoms with E-state index in [2.05, 4.69) is 10.6 Å². The van der Waals surface area contributed by atoms with Gasteiger partial charge >= 0.3 is 6.03 Å². The van der Waals surface area contributed by atoms with Crippen molar-refractivity contribution in [2.24, 2.45) is 0 Å². The lowest BCUT2D eigenvalue weighted by molar-refractivity contribution is 0.0359. The van der Waals surface area contributed by atoms with Crippen LogP contribution in [0.1, 0.15) is 36.8 Å². The molecule has 1 saturated carbocycles. The molecule has 1 heterocycles. The standard InChI is InChI=1S/C19H23FN2O3/c1-13-3-8-16(25-13)18(2,24)11-21-17(23)22-12-19(9-10-19)14-4-6-15(20)7-5-14/h3-8,24H,9-12H2,1-2H3,(H2,21,22,23). The summed E-state index contributed by atoms with van der Waals surface area (Å²) in [5, 5.41) is 15.9. The second-order valence-electron chi connectivity index (χ2n) is 7.01. The van der Waals surface area contributed by atoms with Crippen LogP contribution in [0.25, 0.3) is 0 Å². The minimum Gasteiger partial charge on any atom is -0.463 e. The third kappa shape index (κ3) is 4.02. The highest BCUT2D eigenvalue weighted by Crippen LogP contribution is 2.47. The minimum absolute atomic E-state index is 0.0370. The molecular formula is C19H23FN2O3. The van der Waals surface area contributed by atoms with E-state index in [1.54, 1.807) is 38.1 Å². The SMILES string of the molecule is Cc1ccc(C(C)(O)CNC(=O)NCC2(c3ccc(F)cc3)CC2)o1. The number of hydrogen-bond acceptors (Lipinski definition) is 3. The van der Waals surface area contributed by atoms with Crippen LogP contribution in [0.15, 0.2) is 40.8 Å². The van der Waals surface area contributed by atoms with Gasteiger partial charge in [-0.05, 0) is 56.5 Å². The summed E-state index contributed by atoms with van der Waals surface area (Å²) in [4.78, 5) is 12.1. The Hall–Kier alpha value is -2.34. The van der Waals surface area contributed by atoms with E-state index in [-0.39, 0.29) is 23.8 Å². The molecule has 2 amide bonds. The first-order valence-electron chi connectivity index (χ1n) is 8.38. The van der Waals surface area contributed by atoms with E-state index in [4.69, 9.17) is 4.42 Å². The zero-order valence-corrected chi connectivity index (χ0v) is 14.4. The van der Waals surface area contributed by atoms with Crippen molar-refractivity contribution in [2.75, 3.05) is 13.1 Å². The molecular weight excluding hydrogens is 323 g/mol. The van der Waals surface area contributed by atoms with E-state index in [1.165, 1.54) is 12.1 Å². The first-order chi connectivity index (χ1) is 11.8. The highest BCUT2D eigenvalue weighted by atomic mass is 19.1. The van der Waals surface area contributed by atoms with E-state index in [9.17, 15) is 14.3 Å². The van der Waals surface area contributed by atoms with Crippen LogP contribution in [0.3, 0.4) is 0 Å². The average molecular weight is 346 g/mol. The fourth-order valence-corrected chi connectivity index (χ4v) is 2.90. The summed E-state index contributed by atoms with van der Waals surface area (Å²) < 4.78 is 18.5. The van der Waals surface area contributed by atoms with Gasteiger partial charge in [0.15, 0.2) is 0 Å². The molecule has 0 spiro atoms. The largest absolute Gasteiger partial charge is 0.463 e. The van der Waals surface area contributed by atoms with Crippen molar-refractivity contribution < 1.29 is 18.7 Å². The van der Waals surface area contributed by atoms with Crippen LogP contribution < -0.4 is 10.6 Å². The fraction of sp³-hybridized carbons (Fsp3) is 0.421. The molecule has 0 bridgehead atoms. The summed E-state index contributed by atoms with van der Waals surface area (Å²) in [5.41, 5.74) is -0.349. The number of amides is 2. The van der Waals surface area contributed by atoms with Gasteiger partial charge in [0.1, 0.15) is 22.9 Å². The van der Waals surface area contributed by atoms with Gasteiger partial charge in [0.25, 0.3) is 0 Å². The zero-order chi connectivity index (χ0) is 18.1. The van der Waals surface area contributed by atoms with Crippen molar-refractivity contribution in [1.82, 2.24) is 10.6 Å². The third-order valence-electron chi connectivity index (χ3n) is 4.76. The lowest BCUT2D eigenvalue weighted by Gasteiger charge is -2.22. The Bertz CT molecular complexity index is 748. The minimum atomic E-state index is -1.28. The predicted octanol–water partition coefficient (Wildman–Crippen LogP) is 2.97. The topological polar surface area (TPSA) is 74.5 Å². The highest BCUT2D eigenvalue weighted by molar-refractivity contribution is 5.74. The number of urea groups is 1. The van der Waals surface area contributed by atoms with Crippen LogP contribution in [-0.2, 0) is 11.0 Å². The molecule has 5 nitrogen and oxygen atoms in total. The number of nitrogens with one attached hydrogen (secondary N) is 2. The van der Waals surface area contributed by atoms with Gasteiger partial charge in [-0.2, -0.15) is 0 Å². The average Bonchev–Trinajstić information content (AvgIpc) is 3.24. The van der Waals surface area contributed by atoms with Crippen molar-refractivity contribution in [2.45, 2.75) is 37.7 Å². The number of halogens is 1. The van der Waals surface area contributed by atoms with Gasteiger partial charge in [0.05, 0.1) is 6.54 Å². The maximum atomic E-state index is 13.1. The van der Waals surface area contributed by atoms with Gasteiger partial charge in [-0.1, -0.05) is 12.1 Å². The molecule has 1 aromatic carbocycles. The number of benzene rings is 1. The first kappa shape index (κ1) is 17.5. The Balaban J connectivity index is 1.51. The lowest BCUT2D eigenvalue weighted by Crippen LogP contribution is -2.45. The molecule has 3 rings (SSSR count). The van der Waals surface area contributed by atoms with E-state index in [0.717, 1.165) is 18.4 Å². The molecule has 0 saturated heterocycles. The molecule has 1 aliphatic rings. The van der Waals surface area contributed by atoms with E-state index in [1.807, 2.05) is 0 Å². The number of rotatable bonds is 6. The van der Waals surface area contributed by atoms with Crippen LogP contribution in [0.5, 0.6) is 0 Å². The van der Waals surface area contributed by atoms with E-state index >= 15 is 0 Å². The molecule has 25 heavy (non-hydrogen) atoms. The van der Waals surface area contributed by atoms with Gasteiger partial charge in [-0.25, -0.2) is 9.18 Å². The monoisotopic (exact) mass is 346 g/mol. The molecule has 134 valence electrons. The van der Waals surface area contributed by atoms with Crippen LogP contribution in [0.4, 0.5) is 9.18 Å². The number of furan rings is 1. The predicted molar refractivity (Wildman–Crippen MR) is 91.7 cm³/mol. The highest BCUT2D eigenvalue weighted by Gasteiger charge is 2.44. The maximum Gasteiger partial charge on any atom is 0.314 e. The smallest absolute Gasteiger partial charge is 0.314 e. The van der Waals surface area contributed by atoms with Crippen LogP contribution in [-0.4, -0.2) is 24.2 Å². The van der Waals surface area contributed by atoms with Crippen LogP contribution >= 0.6 is 0 Å². The summed E-state index contributed by atoms with van der Waals surface area (Å²) in [6.07, 6.45) is 1.92. The number of aryl methyl sites for hydroxylation is 1. The summed E-state index contributed by atoms with van der Waals surface area (Å²) >= 11 is 0. The Morgan fingerprint density at radius 2 is 1.92 bits per heavy atom. The normalized spacial score (nSPS) is 17.6. The third-order valence-corrected chi connectivity index (χ3v) is 4.76. The molecule has 3 N–H and O–H groups in total. The van der Waals surface area contributed by atoms with E-state index in [0.29, 0.717) is 18.1 Å². The Morgan fingerprint density at radius 3 is 2.48 bits per heavy atom. The number of hydrogen-bond donors (Lipinski definition) is 3. The van der Waals surface area contributed by atoms with Gasteiger partial charge < -0.3 is 20.2 Å². The molecule has 6 heteroatoms. The molecule has 1 fully saturated rings. The Kier molecular flexibility index (Phi) is 4.56. The molecule has 1 atom stereocenters. The molecule has 0 aliphatic heterocycles. The van der Waals surface area contributed by atoms with Crippen molar-refractivity contribution in [3.8, 4) is 0 Å². The number of carbonyl (C=O) groups excluding carboxylic acids is 1. The van der Waals surface area contributed by atoms with Gasteiger partial charge in [-0.3, -0.25) is 0 Å². The van der Waals surface area contributed by atoms with Crippen molar-refractivity contribution >= 4 is 6.03 Å². The summed E-state index contributed by atoms with van der Waals surface area (Å²) in [6, 6.07) is 9.54. The summed E-state index contributed by atoms with van der Waals surface area (Å²) in [5.74, 6) is 0.852. The van der Waals surface area contributed by atoms with Crippen molar-refractivity contribution in [3.05, 3.63) is 59.3 Å². The fourth-order valence-electron chi connectivity index (χ4n) is 2.90. The maximum absolute atomic E-state index is 13.1. The Morgan fingerprint density at radius 1 is 1.24 bits per heavy atom. The van der Waals surface area contributed by atoms with Crippen LogP contribution in [0, 0.1) is 12.7 Å². The summed E-state index contributed by atoms with van der Waals surface area (Å²) in [6.45, 7) is 3.90. The van der Waals surface area contributed by atoms with Gasteiger partial charge in [0.2, 0.25) is 0 Å². The Labute approximate surface area is 146 Å². The van der Waals surface area contributed by atoms with Crippen molar-refractivity contribution in [3.63, 3.8) is 0 Å². The van der Waals surface area contributed by atoms with Gasteiger partial charge in [0, 0.05) is 12.0 Å². The quantitative estimate of drug-likeness (QED) is 0.753. The van der Waals surface area contributed by atoms with Crippen molar-refractivity contribution in [1.29, 1.82) is 0 Å². The van der Waals surface area contributed by atoms with Crippen LogP contribution in [0.2, 0.25) is 0 Å². The van der Waals surface area contributed by atoms with Gasteiger partial charge in [-0.15, -0.1) is 0 Å². The number of carbonyl (C=O) groups is 1. The molecule has 1 aliphatic carbocycles. The second-order valence-corrected chi connectivity index (χ2v) is 7.01. The zero-order valence-electron chi connectivity index (χ0n) is 14.4. The summed E-state index contributed by atoms with van der Waals surface area (Å²) in [7, 11) is 0. The number of aliphatic hydroxyl groups is 1.